The zero-order chi connectivity index (χ0) is 75.3. The van der Waals surface area contributed by atoms with Crippen LogP contribution in [0.15, 0.2) is 209 Å². The standard InChI is InChI=1S/C106H116N2O2/c1-10-14-18-22-26-39-59-105(60-40-27-23-19-15-11-2)87-57-58-97-100(82-46-34-37-49-95(82)109-97)99(87)86-70-90-85(69-91(86)105)78-55-52-77(67-89(78)106(90,61-41-28-24-20-16-12-3)62-42-29-25-21-17-13-4)107(102-72(6)63-71(5)64-73(102)7)76-53-56-81-88(66-76)104(8,9)92-68-84(103-101(98(81)92)83-47-35-38-50-96(83)110-103)74-51-54-80-79-45-33-36-48-93(79)108(94(80)65-74)75-43-31-30-32-44-75/h30-38,43-58,63-70H,10-29,39-42,59-62H2,1-9H3. The lowest BCUT2D eigenvalue weighted by atomic mass is 9.68. The molecule has 0 N–H and O–H groups in total. The maximum absolute atomic E-state index is 7.23. The van der Waals surface area contributed by atoms with Gasteiger partial charge in [0.1, 0.15) is 22.3 Å². The fraction of sp³-hybridized carbons (Fsp3) is 0.377. The van der Waals surface area contributed by atoms with E-state index in [1.165, 1.54) is 283 Å². The van der Waals surface area contributed by atoms with Gasteiger partial charge in [0.25, 0.3) is 0 Å². The average Bonchev–Trinajstić information content (AvgIpc) is 1.52. The summed E-state index contributed by atoms with van der Waals surface area (Å²) in [5.41, 5.74) is 34.0. The number of aryl methyl sites for hydroxylation is 3. The first-order valence-corrected chi connectivity index (χ1v) is 43.3. The number of anilines is 3. The lowest BCUT2D eigenvalue weighted by Crippen LogP contribution is -2.27. The molecule has 17 rings (SSSR count). The molecule has 562 valence electrons. The Kier molecular flexibility index (Phi) is 20.7. The van der Waals surface area contributed by atoms with Crippen LogP contribution < -0.4 is 4.90 Å². The largest absolute Gasteiger partial charge is 0.456 e. The van der Waals surface area contributed by atoms with Crippen molar-refractivity contribution in [2.75, 3.05) is 4.90 Å². The van der Waals surface area contributed by atoms with E-state index in [9.17, 15) is 0 Å². The van der Waals surface area contributed by atoms with Crippen molar-refractivity contribution in [2.45, 2.75) is 258 Å². The lowest BCUT2D eigenvalue weighted by molar-refractivity contribution is 0.394. The highest BCUT2D eigenvalue weighted by Crippen LogP contribution is 2.64. The van der Waals surface area contributed by atoms with Crippen LogP contribution in [0, 0.1) is 20.8 Å². The summed E-state index contributed by atoms with van der Waals surface area (Å²) >= 11 is 0. The number of aromatic nitrogens is 1. The Balaban J connectivity index is 0.855. The zero-order valence-electron chi connectivity index (χ0n) is 67.6. The SMILES string of the molecule is CCCCCCCCC1(CCCCCCCC)c2cc(N(c3ccc4c(c3)C(C)(C)c3cc(-c5ccc6c7ccccc7n(-c7ccccc7)c6c5)c5oc6ccccc6c5c3-4)c3c(C)cc(C)cc3C)ccc2-c2cc3c(cc21)-c1c(ccc2oc4ccccc4c12)C3(CCCCCCCC)CCCCCCCC. The summed E-state index contributed by atoms with van der Waals surface area (Å²) in [6.07, 6.45) is 35.5. The fourth-order valence-electron chi connectivity index (χ4n) is 21.4. The minimum atomic E-state index is -0.385. The van der Waals surface area contributed by atoms with E-state index >= 15 is 0 Å². The highest BCUT2D eigenvalue weighted by molar-refractivity contribution is 6.20. The molecule has 3 aliphatic rings. The fourth-order valence-corrected chi connectivity index (χ4v) is 21.4. The van der Waals surface area contributed by atoms with E-state index in [2.05, 4.69) is 272 Å². The minimum Gasteiger partial charge on any atom is -0.456 e. The van der Waals surface area contributed by atoms with Gasteiger partial charge in [0.15, 0.2) is 0 Å². The second kappa shape index (κ2) is 31.1. The molecule has 110 heavy (non-hydrogen) atoms. The van der Waals surface area contributed by atoms with Crippen LogP contribution in [0.4, 0.5) is 17.1 Å². The van der Waals surface area contributed by atoms with Gasteiger partial charge in [-0.1, -0.05) is 316 Å². The predicted octanol–water partition coefficient (Wildman–Crippen LogP) is 32.5. The van der Waals surface area contributed by atoms with Gasteiger partial charge in [0.2, 0.25) is 0 Å². The van der Waals surface area contributed by atoms with Crippen LogP contribution in [0.25, 0.3) is 116 Å². The summed E-state index contributed by atoms with van der Waals surface area (Å²) in [5.74, 6) is 0. The first-order chi connectivity index (χ1) is 53.9. The van der Waals surface area contributed by atoms with Gasteiger partial charge < -0.3 is 18.3 Å². The smallest absolute Gasteiger partial charge is 0.143 e. The third-order valence-corrected chi connectivity index (χ3v) is 26.8. The van der Waals surface area contributed by atoms with E-state index in [1.54, 1.807) is 22.3 Å². The van der Waals surface area contributed by atoms with Crippen molar-refractivity contribution in [3.63, 3.8) is 0 Å². The molecule has 3 aliphatic carbocycles. The first-order valence-electron chi connectivity index (χ1n) is 43.3. The number of nitrogens with zero attached hydrogens (tertiary/aromatic N) is 2. The van der Waals surface area contributed by atoms with Crippen molar-refractivity contribution in [3.05, 3.63) is 250 Å². The molecule has 3 heterocycles. The van der Waals surface area contributed by atoms with E-state index in [-0.39, 0.29) is 16.2 Å². The first kappa shape index (κ1) is 73.4. The molecule has 0 aliphatic heterocycles. The van der Waals surface area contributed by atoms with Gasteiger partial charge in [0, 0.05) is 71.2 Å². The molecule has 4 heteroatoms. The monoisotopic (exact) mass is 1450 g/mol. The van der Waals surface area contributed by atoms with Gasteiger partial charge in [-0.25, -0.2) is 0 Å². The lowest BCUT2D eigenvalue weighted by Gasteiger charge is -2.35. The summed E-state index contributed by atoms with van der Waals surface area (Å²) in [4.78, 5) is 2.70. The van der Waals surface area contributed by atoms with Gasteiger partial charge in [-0.15, -0.1) is 0 Å². The van der Waals surface area contributed by atoms with Crippen molar-refractivity contribution >= 4 is 82.7 Å². The summed E-state index contributed by atoms with van der Waals surface area (Å²) < 4.78 is 16.6. The van der Waals surface area contributed by atoms with E-state index in [0.717, 1.165) is 57.4 Å². The van der Waals surface area contributed by atoms with E-state index in [0.29, 0.717) is 0 Å². The Morgan fingerprint density at radius 2 is 0.800 bits per heavy atom. The van der Waals surface area contributed by atoms with Crippen molar-refractivity contribution in [2.24, 2.45) is 0 Å². The molecule has 11 aromatic carbocycles. The number of hydrogen-bond donors (Lipinski definition) is 0. The normalized spacial score (nSPS) is 14.2. The molecule has 0 saturated heterocycles. The number of hydrogen-bond acceptors (Lipinski definition) is 3. The molecule has 0 bridgehead atoms. The Morgan fingerprint density at radius 3 is 1.42 bits per heavy atom. The highest BCUT2D eigenvalue weighted by atomic mass is 16.3. The maximum atomic E-state index is 7.23. The van der Waals surface area contributed by atoms with Gasteiger partial charge in [-0.3, -0.25) is 0 Å². The molecule has 0 atom stereocenters. The van der Waals surface area contributed by atoms with Crippen LogP contribution >= 0.6 is 0 Å². The van der Waals surface area contributed by atoms with Gasteiger partial charge in [0.05, 0.1) is 16.7 Å². The number of unbranched alkanes of at least 4 members (excludes halogenated alkanes) is 20. The minimum absolute atomic E-state index is 0.110. The Bertz CT molecular complexity index is 5670. The molecule has 3 aromatic heterocycles. The molecule has 14 aromatic rings. The number of furan rings is 2. The van der Waals surface area contributed by atoms with Crippen LogP contribution in [0.3, 0.4) is 0 Å². The molecule has 0 spiro atoms. The molecule has 0 radical (unpaired) electrons. The average molecular weight is 1450 g/mol. The third kappa shape index (κ3) is 12.7. The summed E-state index contributed by atoms with van der Waals surface area (Å²) in [5, 5.41) is 7.43. The Hall–Kier alpha value is -9.38. The number of rotatable bonds is 33. The topological polar surface area (TPSA) is 34.5 Å². The van der Waals surface area contributed by atoms with Crippen molar-refractivity contribution in [3.8, 4) is 50.2 Å². The third-order valence-electron chi connectivity index (χ3n) is 26.8. The molecule has 0 amide bonds. The molecule has 0 saturated carbocycles. The molecular weight excluding hydrogens is 1330 g/mol. The molecular formula is C106H116N2O2. The van der Waals surface area contributed by atoms with Crippen molar-refractivity contribution in [1.82, 2.24) is 4.57 Å². The van der Waals surface area contributed by atoms with Gasteiger partial charge in [-0.2, -0.15) is 0 Å². The summed E-state index contributed by atoms with van der Waals surface area (Å²) in [6.45, 7) is 21.4. The molecule has 0 unspecified atom stereocenters. The van der Waals surface area contributed by atoms with Crippen molar-refractivity contribution in [1.29, 1.82) is 0 Å². The Morgan fingerprint density at radius 1 is 0.327 bits per heavy atom. The van der Waals surface area contributed by atoms with Crippen LogP contribution in [-0.4, -0.2) is 4.57 Å². The molecule has 0 fully saturated rings. The Labute approximate surface area is 655 Å². The predicted molar refractivity (Wildman–Crippen MR) is 472 cm³/mol. The van der Waals surface area contributed by atoms with Crippen LogP contribution in [0.2, 0.25) is 0 Å². The van der Waals surface area contributed by atoms with E-state index in [4.69, 9.17) is 8.83 Å². The van der Waals surface area contributed by atoms with Crippen LogP contribution in [0.1, 0.15) is 271 Å². The zero-order valence-corrected chi connectivity index (χ0v) is 67.6. The van der Waals surface area contributed by atoms with Crippen molar-refractivity contribution < 1.29 is 8.83 Å². The highest BCUT2D eigenvalue weighted by Gasteiger charge is 2.49. The summed E-state index contributed by atoms with van der Waals surface area (Å²) in [6, 6.07) is 78.1. The number of fused-ring (bicyclic) bond motifs is 20. The van der Waals surface area contributed by atoms with E-state index < -0.39 is 0 Å². The van der Waals surface area contributed by atoms with E-state index in [1.807, 2.05) is 0 Å². The second-order valence-electron chi connectivity index (χ2n) is 34.4. The maximum Gasteiger partial charge on any atom is 0.143 e. The molecule has 4 nitrogen and oxygen atoms in total. The summed E-state index contributed by atoms with van der Waals surface area (Å²) in [7, 11) is 0. The quantitative estimate of drug-likeness (QED) is 0.0385. The number of benzene rings is 11. The van der Waals surface area contributed by atoms with Gasteiger partial charge >= 0.3 is 0 Å². The van der Waals surface area contributed by atoms with Crippen LogP contribution in [0.5, 0.6) is 0 Å². The number of para-hydroxylation sites is 4. The second-order valence-corrected chi connectivity index (χ2v) is 34.4. The van der Waals surface area contributed by atoms with Crippen LogP contribution in [-0.2, 0) is 16.2 Å². The van der Waals surface area contributed by atoms with Gasteiger partial charge in [-0.05, 0) is 215 Å².